The van der Waals surface area contributed by atoms with Crippen LogP contribution in [0.4, 0.5) is 0 Å². The van der Waals surface area contributed by atoms with Crippen LogP contribution in [0, 0.1) is 0 Å². The van der Waals surface area contributed by atoms with Crippen molar-refractivity contribution in [3.8, 4) is 5.75 Å². The zero-order valence-electron chi connectivity index (χ0n) is 25.6. The fourth-order valence-corrected chi connectivity index (χ4v) is 4.83. The highest BCUT2D eigenvalue weighted by atomic mass is 16.4. The molecule has 0 saturated carbocycles. The van der Waals surface area contributed by atoms with Crippen LogP contribution in [0.2, 0.25) is 0 Å². The van der Waals surface area contributed by atoms with Gasteiger partial charge in [0, 0.05) is 42.9 Å². The lowest BCUT2D eigenvalue weighted by atomic mass is 10.0. The Balaban J connectivity index is 1.81. The average molecular weight is 652 g/mol. The van der Waals surface area contributed by atoms with Crippen LogP contribution in [0.25, 0.3) is 10.9 Å². The molecule has 252 valence electrons. The van der Waals surface area contributed by atoms with Crippen molar-refractivity contribution in [1.29, 1.82) is 0 Å². The number of hydrogen-bond acceptors (Lipinski definition) is 8. The maximum atomic E-state index is 13.7. The Morgan fingerprint density at radius 2 is 1.45 bits per heavy atom. The smallest absolute Gasteiger partial charge is 0.326 e. The molecule has 2 aromatic carbocycles. The molecule has 4 amide bonds. The number of aromatic amines is 1. The molecule has 0 aliphatic rings. The molecule has 3 aromatic rings. The Hall–Kier alpha value is -5.64. The third-order valence-electron chi connectivity index (χ3n) is 7.34. The highest BCUT2D eigenvalue weighted by molar-refractivity contribution is 5.95. The predicted octanol–water partition coefficient (Wildman–Crippen LogP) is -1.16. The molecule has 0 fully saturated rings. The summed E-state index contributed by atoms with van der Waals surface area (Å²) in [6.45, 7) is 0.253. The van der Waals surface area contributed by atoms with Crippen molar-refractivity contribution in [2.24, 2.45) is 27.9 Å². The average Bonchev–Trinajstić information content (AvgIpc) is 3.43. The second-order valence-electron chi connectivity index (χ2n) is 11.0. The lowest BCUT2D eigenvalue weighted by molar-refractivity contribution is -0.142. The van der Waals surface area contributed by atoms with Crippen LogP contribution < -0.4 is 38.9 Å². The number of carbonyl (C=O) groups excluding carboxylic acids is 4. The number of nitrogens with one attached hydrogen (secondary N) is 4. The third kappa shape index (κ3) is 11.3. The minimum Gasteiger partial charge on any atom is -0.508 e. The molecule has 14 N–H and O–H groups in total. The zero-order chi connectivity index (χ0) is 34.5. The summed E-state index contributed by atoms with van der Waals surface area (Å²) in [7, 11) is 0. The number of aromatic nitrogens is 1. The molecule has 16 nitrogen and oxygen atoms in total. The van der Waals surface area contributed by atoms with E-state index in [4.69, 9.17) is 22.9 Å². The van der Waals surface area contributed by atoms with Gasteiger partial charge in [0.1, 0.15) is 23.9 Å². The van der Waals surface area contributed by atoms with Crippen molar-refractivity contribution in [2.75, 3.05) is 6.54 Å². The van der Waals surface area contributed by atoms with E-state index < -0.39 is 53.8 Å². The molecule has 0 radical (unpaired) electrons. The van der Waals surface area contributed by atoms with Gasteiger partial charge >= 0.3 is 5.97 Å². The van der Waals surface area contributed by atoms with Crippen molar-refractivity contribution in [1.82, 2.24) is 20.9 Å². The normalized spacial score (nSPS) is 13.5. The Morgan fingerprint density at radius 3 is 2.11 bits per heavy atom. The zero-order valence-corrected chi connectivity index (χ0v) is 25.6. The number of carboxylic acid groups (broad SMARTS) is 1. The molecule has 0 bridgehead atoms. The largest absolute Gasteiger partial charge is 0.508 e. The standard InChI is InChI=1S/C31H41N9O7/c32-21(5-3-13-36-31(34)35)27(43)39-24(15-18-16-37-22-6-2-1-4-20(18)22)29(45)38-23(11-12-26(33)42)28(44)40-25(30(46)47)14-17-7-9-19(41)10-8-17/h1-2,4,6-10,16,21,23-25,37,41H,3,5,11-15,32H2,(H2,33,42)(H,38,45)(H,39,43)(H,40,44)(H,46,47)(H4,34,35,36). The number of aromatic hydroxyl groups is 1. The molecular formula is C31H41N9O7. The number of fused-ring (bicyclic) bond motifs is 1. The minimum absolute atomic E-state index is 0.00503. The van der Waals surface area contributed by atoms with E-state index in [2.05, 4.69) is 25.9 Å². The SMILES string of the molecule is NC(=O)CCC(NC(=O)C(Cc1c[nH]c2ccccc12)NC(=O)C(N)CCCN=C(N)N)C(=O)NC(Cc1ccc(O)cc1)C(=O)O. The molecule has 0 saturated heterocycles. The maximum Gasteiger partial charge on any atom is 0.326 e. The number of primary amides is 1. The summed E-state index contributed by atoms with van der Waals surface area (Å²) in [4.78, 5) is 70.8. The van der Waals surface area contributed by atoms with E-state index in [1.807, 2.05) is 24.3 Å². The Bertz CT molecular complexity index is 1590. The summed E-state index contributed by atoms with van der Waals surface area (Å²) in [5.74, 6) is -4.47. The highest BCUT2D eigenvalue weighted by Gasteiger charge is 2.31. The van der Waals surface area contributed by atoms with E-state index in [9.17, 15) is 34.2 Å². The van der Waals surface area contributed by atoms with E-state index in [1.165, 1.54) is 24.3 Å². The third-order valence-corrected chi connectivity index (χ3v) is 7.34. The number of aliphatic imine (C=N–C) groups is 1. The van der Waals surface area contributed by atoms with Crippen LogP contribution in [0.5, 0.6) is 5.75 Å². The van der Waals surface area contributed by atoms with E-state index in [0.717, 1.165) is 10.9 Å². The first-order valence-electron chi connectivity index (χ1n) is 14.9. The maximum absolute atomic E-state index is 13.7. The van der Waals surface area contributed by atoms with Crippen LogP contribution in [0.1, 0.15) is 36.8 Å². The number of rotatable bonds is 18. The van der Waals surface area contributed by atoms with Crippen LogP contribution in [0.15, 0.2) is 59.7 Å². The van der Waals surface area contributed by atoms with E-state index >= 15 is 0 Å². The van der Waals surface area contributed by atoms with Gasteiger partial charge in [-0.2, -0.15) is 0 Å². The Labute approximate surface area is 270 Å². The molecule has 0 spiro atoms. The first-order valence-corrected chi connectivity index (χ1v) is 14.9. The number of para-hydroxylation sites is 1. The van der Waals surface area contributed by atoms with Crippen LogP contribution >= 0.6 is 0 Å². The van der Waals surface area contributed by atoms with E-state index in [0.29, 0.717) is 17.5 Å². The number of aliphatic carboxylic acids is 1. The summed E-state index contributed by atoms with van der Waals surface area (Å²) in [5, 5.41) is 27.7. The summed E-state index contributed by atoms with van der Waals surface area (Å²) in [6, 6.07) is 8.11. The highest BCUT2D eigenvalue weighted by Crippen LogP contribution is 2.19. The molecule has 0 aliphatic heterocycles. The van der Waals surface area contributed by atoms with Gasteiger partial charge in [-0.3, -0.25) is 24.2 Å². The van der Waals surface area contributed by atoms with Gasteiger partial charge in [0.05, 0.1) is 6.04 Å². The van der Waals surface area contributed by atoms with Gasteiger partial charge in [0.15, 0.2) is 5.96 Å². The number of carboxylic acids is 1. The number of guanidine groups is 1. The van der Waals surface area contributed by atoms with E-state index in [1.54, 1.807) is 6.20 Å². The number of H-pyrrole nitrogens is 1. The van der Waals surface area contributed by atoms with E-state index in [-0.39, 0.29) is 50.4 Å². The van der Waals surface area contributed by atoms with Gasteiger partial charge in [-0.1, -0.05) is 30.3 Å². The second-order valence-corrected chi connectivity index (χ2v) is 11.0. The first kappa shape index (κ1) is 35.8. The lowest BCUT2D eigenvalue weighted by Crippen LogP contribution is -2.58. The monoisotopic (exact) mass is 651 g/mol. The fourth-order valence-electron chi connectivity index (χ4n) is 4.83. The molecule has 4 unspecified atom stereocenters. The molecule has 1 aromatic heterocycles. The number of hydrogen-bond donors (Lipinski definition) is 10. The fraction of sp³-hybridized carbons (Fsp3) is 0.355. The number of phenols is 1. The van der Waals surface area contributed by atoms with Gasteiger partial charge in [0.25, 0.3) is 0 Å². The molecule has 3 rings (SSSR count). The number of amides is 4. The van der Waals surface area contributed by atoms with Gasteiger partial charge in [-0.05, 0) is 48.6 Å². The van der Waals surface area contributed by atoms with Crippen LogP contribution in [-0.2, 0) is 36.8 Å². The van der Waals surface area contributed by atoms with Gasteiger partial charge in [-0.15, -0.1) is 0 Å². The lowest BCUT2D eigenvalue weighted by Gasteiger charge is -2.25. The number of nitrogens with zero attached hydrogens (tertiary/aromatic N) is 1. The first-order chi connectivity index (χ1) is 22.3. The van der Waals surface area contributed by atoms with Crippen LogP contribution in [-0.4, -0.2) is 81.5 Å². The Morgan fingerprint density at radius 1 is 0.809 bits per heavy atom. The van der Waals surface area contributed by atoms with Crippen LogP contribution in [0.3, 0.4) is 0 Å². The summed E-state index contributed by atoms with van der Waals surface area (Å²) >= 11 is 0. The molecule has 1 heterocycles. The van der Waals surface area contributed by atoms with Crippen molar-refractivity contribution in [2.45, 2.75) is 62.7 Å². The van der Waals surface area contributed by atoms with Gasteiger partial charge in [-0.25, -0.2) is 4.79 Å². The molecule has 4 atom stereocenters. The quantitative estimate of drug-likeness (QED) is 0.0447. The van der Waals surface area contributed by atoms with Crippen molar-refractivity contribution in [3.05, 3.63) is 65.9 Å². The Kier molecular flexibility index (Phi) is 13.1. The summed E-state index contributed by atoms with van der Waals surface area (Å²) in [5.41, 5.74) is 24.1. The summed E-state index contributed by atoms with van der Waals surface area (Å²) in [6.07, 6.45) is 1.65. The van der Waals surface area contributed by atoms with Crippen molar-refractivity contribution >= 4 is 46.5 Å². The number of nitrogens with two attached hydrogens (primary N) is 4. The van der Waals surface area contributed by atoms with Gasteiger partial charge in [0.2, 0.25) is 23.6 Å². The summed E-state index contributed by atoms with van der Waals surface area (Å²) < 4.78 is 0. The second kappa shape index (κ2) is 17.2. The molecule has 47 heavy (non-hydrogen) atoms. The molecule has 0 aliphatic carbocycles. The molecular weight excluding hydrogens is 610 g/mol. The molecule has 16 heteroatoms. The van der Waals surface area contributed by atoms with Crippen molar-refractivity contribution in [3.63, 3.8) is 0 Å². The van der Waals surface area contributed by atoms with Gasteiger partial charge < -0.3 is 54.1 Å². The minimum atomic E-state index is -1.40. The van der Waals surface area contributed by atoms with Crippen molar-refractivity contribution < 1.29 is 34.2 Å². The number of benzene rings is 2. The number of carbonyl (C=O) groups is 5. The number of phenolic OH excluding ortho intramolecular Hbond substituents is 1. The predicted molar refractivity (Wildman–Crippen MR) is 174 cm³/mol. The topological polar surface area (TPSA) is 294 Å².